The van der Waals surface area contributed by atoms with Crippen LogP contribution in [0.25, 0.3) is 0 Å². The topological polar surface area (TPSA) is 52.7 Å². The quantitative estimate of drug-likeness (QED) is 0.870. The van der Waals surface area contributed by atoms with Crippen LogP contribution in [0.4, 0.5) is 5.69 Å². The number of benzene rings is 1. The van der Waals surface area contributed by atoms with E-state index in [1.807, 2.05) is 36.2 Å². The first-order valence-corrected chi connectivity index (χ1v) is 8.90. The largest absolute Gasteiger partial charge is 0.338 e. The zero-order valence-electron chi connectivity index (χ0n) is 13.3. The maximum absolute atomic E-state index is 12.8. The Morgan fingerprint density at radius 2 is 2.26 bits per heavy atom. The monoisotopic (exact) mass is 379 g/mol. The van der Waals surface area contributed by atoms with Gasteiger partial charge in [-0.3, -0.25) is 9.59 Å². The molecule has 2 aliphatic heterocycles. The van der Waals surface area contributed by atoms with Gasteiger partial charge in [-0.25, -0.2) is 0 Å². The zero-order valence-corrected chi connectivity index (χ0v) is 14.9. The van der Waals surface area contributed by atoms with E-state index in [1.165, 1.54) is 0 Å². The molecule has 3 rings (SSSR count). The third kappa shape index (κ3) is 3.43. The van der Waals surface area contributed by atoms with Crippen molar-refractivity contribution >= 4 is 33.4 Å². The molecule has 0 aliphatic carbocycles. The van der Waals surface area contributed by atoms with Crippen LogP contribution in [0.2, 0.25) is 0 Å². The summed E-state index contributed by atoms with van der Waals surface area (Å²) in [6, 6.07) is 7.94. The van der Waals surface area contributed by atoms with Crippen LogP contribution in [-0.2, 0) is 9.59 Å². The molecule has 2 unspecified atom stereocenters. The van der Waals surface area contributed by atoms with Gasteiger partial charge >= 0.3 is 0 Å². The van der Waals surface area contributed by atoms with Gasteiger partial charge < -0.3 is 15.1 Å². The lowest BCUT2D eigenvalue weighted by Crippen LogP contribution is -2.44. The average molecular weight is 380 g/mol. The predicted octanol–water partition coefficient (Wildman–Crippen LogP) is 2.01. The van der Waals surface area contributed by atoms with Crippen LogP contribution in [-0.4, -0.2) is 49.4 Å². The van der Waals surface area contributed by atoms with E-state index >= 15 is 0 Å². The predicted molar refractivity (Wildman–Crippen MR) is 93.3 cm³/mol. The Labute approximate surface area is 145 Å². The number of hydrogen-bond acceptors (Lipinski definition) is 3. The number of amides is 2. The molecule has 0 radical (unpaired) electrons. The highest BCUT2D eigenvalue weighted by atomic mass is 79.9. The third-order valence-electron chi connectivity index (χ3n) is 4.69. The molecular weight excluding hydrogens is 358 g/mol. The molecule has 2 atom stereocenters. The van der Waals surface area contributed by atoms with Crippen LogP contribution in [0.1, 0.15) is 19.3 Å². The van der Waals surface area contributed by atoms with E-state index in [1.54, 1.807) is 4.90 Å². The number of anilines is 1. The third-order valence-corrected chi connectivity index (χ3v) is 5.19. The van der Waals surface area contributed by atoms with Crippen LogP contribution in [0, 0.1) is 5.92 Å². The van der Waals surface area contributed by atoms with Crippen molar-refractivity contribution in [3.8, 4) is 0 Å². The number of likely N-dealkylation sites (N-methyl/N-ethyl adjacent to an activating group) is 1. The van der Waals surface area contributed by atoms with Gasteiger partial charge in [0.2, 0.25) is 11.8 Å². The molecule has 124 valence electrons. The van der Waals surface area contributed by atoms with Crippen LogP contribution in [0.5, 0.6) is 0 Å². The van der Waals surface area contributed by atoms with Crippen LogP contribution in [0.3, 0.4) is 0 Å². The number of nitrogens with zero attached hydrogens (tertiary/aromatic N) is 2. The first kappa shape index (κ1) is 16.5. The summed E-state index contributed by atoms with van der Waals surface area (Å²) in [4.78, 5) is 28.9. The van der Waals surface area contributed by atoms with Crippen molar-refractivity contribution in [1.29, 1.82) is 0 Å². The Morgan fingerprint density at radius 3 is 3.00 bits per heavy atom. The summed E-state index contributed by atoms with van der Waals surface area (Å²) in [6.07, 6.45) is 2.41. The Kier molecular flexibility index (Phi) is 5.02. The molecule has 2 amide bonds. The SMILES string of the molecule is CNCC1CCCN1C(=O)C1CC(=O)N(c2cccc(Br)c2)C1. The molecule has 5 nitrogen and oxygen atoms in total. The second kappa shape index (κ2) is 7.01. The van der Waals surface area contributed by atoms with Gasteiger partial charge in [0.15, 0.2) is 0 Å². The number of likely N-dealkylation sites (tertiary alicyclic amines) is 1. The average Bonchev–Trinajstić information content (AvgIpc) is 3.14. The van der Waals surface area contributed by atoms with Gasteiger partial charge in [-0.05, 0) is 38.1 Å². The summed E-state index contributed by atoms with van der Waals surface area (Å²) < 4.78 is 0.936. The standard InChI is InChI=1S/C17H22BrN3O2/c1-19-10-15-6-3-7-20(15)17(23)12-8-16(22)21(11-12)14-5-2-4-13(18)9-14/h2,4-5,9,12,15,19H,3,6-8,10-11H2,1H3. The van der Waals surface area contributed by atoms with Gasteiger partial charge in [-0.15, -0.1) is 0 Å². The molecule has 1 N–H and O–H groups in total. The van der Waals surface area contributed by atoms with Crippen molar-refractivity contribution in [2.24, 2.45) is 5.92 Å². The van der Waals surface area contributed by atoms with E-state index < -0.39 is 0 Å². The van der Waals surface area contributed by atoms with Gasteiger partial charge in [0, 0.05) is 42.3 Å². The maximum atomic E-state index is 12.8. The molecule has 2 heterocycles. The fourth-order valence-corrected chi connectivity index (χ4v) is 3.96. The Hall–Kier alpha value is -1.40. The molecular formula is C17H22BrN3O2. The molecule has 1 aromatic carbocycles. The van der Waals surface area contributed by atoms with E-state index in [0.29, 0.717) is 13.0 Å². The molecule has 0 bridgehead atoms. The molecule has 0 saturated carbocycles. The molecule has 6 heteroatoms. The Bertz CT molecular complexity index is 607. The lowest BCUT2D eigenvalue weighted by atomic mass is 10.1. The molecule has 0 aromatic heterocycles. The molecule has 2 saturated heterocycles. The molecule has 2 fully saturated rings. The van der Waals surface area contributed by atoms with Crippen molar-refractivity contribution < 1.29 is 9.59 Å². The van der Waals surface area contributed by atoms with E-state index in [2.05, 4.69) is 21.2 Å². The fraction of sp³-hybridized carbons (Fsp3) is 0.529. The summed E-state index contributed by atoms with van der Waals surface area (Å²) >= 11 is 3.43. The second-order valence-corrected chi connectivity index (χ2v) is 7.19. The summed E-state index contributed by atoms with van der Waals surface area (Å²) in [5, 5.41) is 3.16. The van der Waals surface area contributed by atoms with Crippen molar-refractivity contribution in [2.45, 2.75) is 25.3 Å². The smallest absolute Gasteiger partial charge is 0.228 e. The van der Waals surface area contributed by atoms with E-state index in [0.717, 1.165) is 36.1 Å². The first-order valence-electron chi connectivity index (χ1n) is 8.11. The van der Waals surface area contributed by atoms with E-state index in [-0.39, 0.29) is 23.8 Å². The normalized spacial score (nSPS) is 24.5. The van der Waals surface area contributed by atoms with E-state index in [4.69, 9.17) is 0 Å². The zero-order chi connectivity index (χ0) is 16.4. The van der Waals surface area contributed by atoms with Crippen LogP contribution < -0.4 is 10.2 Å². The molecule has 0 spiro atoms. The van der Waals surface area contributed by atoms with Crippen LogP contribution in [0.15, 0.2) is 28.7 Å². The highest BCUT2D eigenvalue weighted by Crippen LogP contribution is 2.30. The van der Waals surface area contributed by atoms with Gasteiger partial charge in [0.25, 0.3) is 0 Å². The minimum absolute atomic E-state index is 0.0332. The summed E-state index contributed by atoms with van der Waals surface area (Å²) in [7, 11) is 1.91. The van der Waals surface area contributed by atoms with E-state index in [9.17, 15) is 9.59 Å². The number of halogens is 1. The minimum Gasteiger partial charge on any atom is -0.338 e. The number of nitrogens with one attached hydrogen (secondary N) is 1. The van der Waals surface area contributed by atoms with Gasteiger partial charge in [0.1, 0.15) is 0 Å². The van der Waals surface area contributed by atoms with Crippen molar-refractivity contribution in [2.75, 3.05) is 31.6 Å². The highest BCUT2D eigenvalue weighted by Gasteiger charge is 2.40. The number of carbonyl (C=O) groups is 2. The molecule has 1 aromatic rings. The van der Waals surface area contributed by atoms with Crippen molar-refractivity contribution in [1.82, 2.24) is 10.2 Å². The summed E-state index contributed by atoms with van der Waals surface area (Å²) in [6.45, 7) is 2.12. The molecule has 23 heavy (non-hydrogen) atoms. The van der Waals surface area contributed by atoms with Crippen molar-refractivity contribution in [3.63, 3.8) is 0 Å². The lowest BCUT2D eigenvalue weighted by Gasteiger charge is -2.27. The maximum Gasteiger partial charge on any atom is 0.228 e. The Morgan fingerprint density at radius 1 is 1.43 bits per heavy atom. The fourth-order valence-electron chi connectivity index (χ4n) is 3.57. The highest BCUT2D eigenvalue weighted by molar-refractivity contribution is 9.10. The van der Waals surface area contributed by atoms with Gasteiger partial charge in [0.05, 0.1) is 5.92 Å². The van der Waals surface area contributed by atoms with Crippen molar-refractivity contribution in [3.05, 3.63) is 28.7 Å². The van der Waals surface area contributed by atoms with Gasteiger partial charge in [-0.1, -0.05) is 22.0 Å². The summed E-state index contributed by atoms with van der Waals surface area (Å²) in [5.41, 5.74) is 0.855. The molecule has 2 aliphatic rings. The van der Waals surface area contributed by atoms with Gasteiger partial charge in [-0.2, -0.15) is 0 Å². The second-order valence-electron chi connectivity index (χ2n) is 6.27. The summed E-state index contributed by atoms with van der Waals surface area (Å²) in [5.74, 6) is -0.0571. The number of carbonyl (C=O) groups excluding carboxylic acids is 2. The first-order chi connectivity index (χ1) is 11.1. The lowest BCUT2D eigenvalue weighted by molar-refractivity contribution is -0.136. The van der Waals surface area contributed by atoms with Crippen LogP contribution >= 0.6 is 15.9 Å². The number of rotatable bonds is 4. The Balaban J connectivity index is 1.70. The number of hydrogen-bond donors (Lipinski definition) is 1. The minimum atomic E-state index is -0.223.